The molecule has 10 nitrogen and oxygen atoms in total. The molecule has 0 radical (unpaired) electrons. The van der Waals surface area contributed by atoms with Crippen LogP contribution in [0.3, 0.4) is 0 Å². The number of carbonyl (C=O) groups is 2. The number of carbonyl (C=O) groups excluding carboxylic acids is 2. The molecule has 3 aliphatic carbocycles. The summed E-state index contributed by atoms with van der Waals surface area (Å²) in [5.74, 6) is 1.36. The van der Waals surface area contributed by atoms with Crippen LogP contribution in [0.2, 0.25) is 0 Å². The maximum absolute atomic E-state index is 14.1. The number of nitrogens with zero attached hydrogens (tertiary/aromatic N) is 2. The number of hydrogen-bond acceptors (Lipinski definition) is 8. The topological polar surface area (TPSA) is 129 Å². The van der Waals surface area contributed by atoms with Crippen molar-refractivity contribution in [1.82, 2.24) is 15.7 Å². The zero-order valence-electron chi connectivity index (χ0n) is 28.0. The van der Waals surface area contributed by atoms with E-state index in [2.05, 4.69) is 31.4 Å². The Morgan fingerprint density at radius 3 is 2.53 bits per heavy atom. The highest BCUT2D eigenvalue weighted by molar-refractivity contribution is 5.97. The molecule has 1 heterocycles. The van der Waals surface area contributed by atoms with E-state index >= 15 is 0 Å². The van der Waals surface area contributed by atoms with Crippen LogP contribution < -0.4 is 26.0 Å². The van der Waals surface area contributed by atoms with Gasteiger partial charge in [0.2, 0.25) is 5.91 Å². The van der Waals surface area contributed by atoms with E-state index in [0.29, 0.717) is 34.5 Å². The van der Waals surface area contributed by atoms with Crippen molar-refractivity contribution in [2.75, 3.05) is 39.7 Å². The Balaban J connectivity index is 1.46. The van der Waals surface area contributed by atoms with E-state index in [0.717, 1.165) is 28.8 Å². The monoisotopic (exact) mass is 621 g/mol. The second-order valence-electron chi connectivity index (χ2n) is 14.0. The number of methoxy groups -OCH3 is 1. The number of nitrogens with two attached hydrogens (primary N) is 1. The van der Waals surface area contributed by atoms with Gasteiger partial charge in [0.1, 0.15) is 11.8 Å². The summed E-state index contributed by atoms with van der Waals surface area (Å²) in [5.41, 5.74) is 10.3. The second kappa shape index (κ2) is 12.9. The average Bonchev–Trinajstić information content (AvgIpc) is 3.39. The standard InChI is InChI=1S/C35H51N5O5/c1-19-27-15-24(35(27,3)4)16-28(19)38-34(43)31-30(20(2)41)29(17-36)45-40(31)18-21-10-9-11-26(32(21)44-8)22-12-23(33(42)37-5)14-25(13-22)39(6)7/h9-14,19-20,24,27-31,41H,15-18,36H2,1-8H3,(H,37,42)(H,38,43)/t19-,20-,24+,27-,28?,29-,30+,31-/m0/s1. The SMILES string of the molecule is CNC(=O)c1cc(-c2cccc(CN3O[C@@H](CN)[C@@H]([C@H](C)O)[C@H]3C(=O)NC3C[C@H]4C[C@@H]([C@@H]3C)C4(C)C)c2OC)cc(N(C)C)c1. The second-order valence-corrected chi connectivity index (χ2v) is 14.0. The number of rotatable bonds is 10. The smallest absolute Gasteiger partial charge is 0.251 e. The Bertz CT molecular complexity index is 1410. The number of fused-ring (bicyclic) bond motifs is 2. The molecule has 4 fully saturated rings. The van der Waals surface area contributed by atoms with Crippen LogP contribution in [0.15, 0.2) is 36.4 Å². The van der Waals surface area contributed by atoms with Crippen molar-refractivity contribution in [3.05, 3.63) is 47.5 Å². The van der Waals surface area contributed by atoms with E-state index in [-0.39, 0.29) is 30.9 Å². The number of amides is 2. The molecule has 10 heteroatoms. The van der Waals surface area contributed by atoms with E-state index in [4.69, 9.17) is 15.3 Å². The van der Waals surface area contributed by atoms with Crippen LogP contribution >= 0.6 is 0 Å². The summed E-state index contributed by atoms with van der Waals surface area (Å²) in [6, 6.07) is 10.9. The van der Waals surface area contributed by atoms with Crippen molar-refractivity contribution in [3.63, 3.8) is 0 Å². The van der Waals surface area contributed by atoms with Crippen molar-refractivity contribution in [2.24, 2.45) is 34.8 Å². The normalized spacial score (nSPS) is 29.4. The van der Waals surface area contributed by atoms with Crippen LogP contribution in [0.25, 0.3) is 11.1 Å². The molecule has 1 aliphatic heterocycles. The molecule has 2 amide bonds. The minimum atomic E-state index is -0.805. The number of para-hydroxylation sites is 1. The quantitative estimate of drug-likeness (QED) is 0.318. The number of aliphatic hydroxyl groups excluding tert-OH is 1. The lowest BCUT2D eigenvalue weighted by Crippen LogP contribution is -2.62. The Hall–Kier alpha value is -3.18. The first-order chi connectivity index (χ1) is 21.3. The Morgan fingerprint density at radius 2 is 1.96 bits per heavy atom. The largest absolute Gasteiger partial charge is 0.496 e. The molecule has 8 atom stereocenters. The van der Waals surface area contributed by atoms with Gasteiger partial charge in [-0.05, 0) is 66.7 Å². The molecular weight excluding hydrogens is 570 g/mol. The maximum atomic E-state index is 14.1. The molecule has 1 saturated heterocycles. The lowest BCUT2D eigenvalue weighted by molar-refractivity contribution is -0.175. The molecule has 2 aromatic carbocycles. The molecule has 3 saturated carbocycles. The van der Waals surface area contributed by atoms with Gasteiger partial charge in [-0.1, -0.05) is 39.0 Å². The number of ether oxygens (including phenoxy) is 1. The molecule has 2 aromatic rings. The van der Waals surface area contributed by atoms with E-state index in [9.17, 15) is 14.7 Å². The highest BCUT2D eigenvalue weighted by Crippen LogP contribution is 2.61. The molecular formula is C35H51N5O5. The van der Waals surface area contributed by atoms with Crippen LogP contribution in [0, 0.1) is 29.1 Å². The third kappa shape index (κ3) is 6.05. The first-order valence-electron chi connectivity index (χ1n) is 16.1. The van der Waals surface area contributed by atoms with Gasteiger partial charge in [-0.2, -0.15) is 5.06 Å². The molecule has 246 valence electrons. The van der Waals surface area contributed by atoms with Crippen molar-refractivity contribution in [2.45, 2.75) is 71.4 Å². The van der Waals surface area contributed by atoms with E-state index in [1.807, 2.05) is 55.4 Å². The lowest BCUT2D eigenvalue weighted by atomic mass is 9.45. The molecule has 4 aliphatic rings. The molecule has 45 heavy (non-hydrogen) atoms. The van der Waals surface area contributed by atoms with Gasteiger partial charge in [0, 0.05) is 62.0 Å². The van der Waals surface area contributed by atoms with Gasteiger partial charge in [-0.25, -0.2) is 0 Å². The van der Waals surface area contributed by atoms with Gasteiger partial charge in [-0.3, -0.25) is 14.4 Å². The maximum Gasteiger partial charge on any atom is 0.251 e. The fourth-order valence-electron chi connectivity index (χ4n) is 8.18. The fraction of sp³-hybridized carbons (Fsp3) is 0.600. The zero-order chi connectivity index (χ0) is 32.8. The van der Waals surface area contributed by atoms with Crippen molar-refractivity contribution >= 4 is 17.5 Å². The Kier molecular flexibility index (Phi) is 9.52. The van der Waals surface area contributed by atoms with Gasteiger partial charge < -0.3 is 31.1 Å². The van der Waals surface area contributed by atoms with Gasteiger partial charge in [0.25, 0.3) is 5.91 Å². The first-order valence-corrected chi connectivity index (χ1v) is 16.1. The molecule has 6 rings (SSSR count). The predicted molar refractivity (Wildman–Crippen MR) is 176 cm³/mol. The van der Waals surface area contributed by atoms with Gasteiger partial charge in [0.15, 0.2) is 0 Å². The summed E-state index contributed by atoms with van der Waals surface area (Å²) in [6.07, 6.45) is 0.866. The fourth-order valence-corrected chi connectivity index (χ4v) is 8.18. The average molecular weight is 622 g/mol. The highest BCUT2D eigenvalue weighted by atomic mass is 16.7. The molecule has 0 aromatic heterocycles. The van der Waals surface area contributed by atoms with Crippen LogP contribution in [-0.4, -0.2) is 81.1 Å². The summed E-state index contributed by atoms with van der Waals surface area (Å²) < 4.78 is 5.99. The van der Waals surface area contributed by atoms with Crippen molar-refractivity contribution < 1.29 is 24.3 Å². The van der Waals surface area contributed by atoms with Crippen LogP contribution in [0.5, 0.6) is 5.75 Å². The third-order valence-electron chi connectivity index (χ3n) is 11.0. The third-order valence-corrected chi connectivity index (χ3v) is 11.0. The number of hydroxylamine groups is 2. The number of anilines is 1. The van der Waals surface area contributed by atoms with Crippen LogP contribution in [0.1, 0.15) is 56.5 Å². The predicted octanol–water partition coefficient (Wildman–Crippen LogP) is 3.41. The number of hydrogen-bond donors (Lipinski definition) is 4. The summed E-state index contributed by atoms with van der Waals surface area (Å²) in [5, 5.41) is 18.6. The summed E-state index contributed by atoms with van der Waals surface area (Å²) in [4.78, 5) is 35.1. The van der Waals surface area contributed by atoms with Crippen LogP contribution in [-0.2, 0) is 16.2 Å². The molecule has 1 unspecified atom stereocenters. The first kappa shape index (κ1) is 33.2. The molecule has 2 bridgehead atoms. The summed E-state index contributed by atoms with van der Waals surface area (Å²) in [7, 11) is 7.09. The van der Waals surface area contributed by atoms with E-state index in [1.54, 1.807) is 26.1 Å². The molecule has 5 N–H and O–H groups in total. The lowest BCUT2D eigenvalue weighted by Gasteiger charge is -2.62. The molecule has 0 spiro atoms. The van der Waals surface area contributed by atoms with E-state index in [1.165, 1.54) is 6.42 Å². The number of benzene rings is 2. The minimum absolute atomic E-state index is 0.0825. The highest BCUT2D eigenvalue weighted by Gasteiger charge is 2.57. The number of aliphatic hydroxyl groups is 1. The van der Waals surface area contributed by atoms with Crippen molar-refractivity contribution in [1.29, 1.82) is 0 Å². The summed E-state index contributed by atoms with van der Waals surface area (Å²) in [6.45, 7) is 9.06. The van der Waals surface area contributed by atoms with E-state index < -0.39 is 24.2 Å². The van der Waals surface area contributed by atoms with Gasteiger partial charge in [0.05, 0.1) is 25.9 Å². The van der Waals surface area contributed by atoms with Gasteiger partial charge >= 0.3 is 0 Å². The Labute approximate surface area is 267 Å². The van der Waals surface area contributed by atoms with Gasteiger partial charge in [-0.15, -0.1) is 0 Å². The minimum Gasteiger partial charge on any atom is -0.496 e. The van der Waals surface area contributed by atoms with Crippen LogP contribution in [0.4, 0.5) is 5.69 Å². The summed E-state index contributed by atoms with van der Waals surface area (Å²) >= 11 is 0. The van der Waals surface area contributed by atoms with Crippen molar-refractivity contribution in [3.8, 4) is 16.9 Å². The zero-order valence-corrected chi connectivity index (χ0v) is 28.0. The number of nitrogens with one attached hydrogen (secondary N) is 2. The Morgan fingerprint density at radius 1 is 1.22 bits per heavy atom.